The number of ether oxygens (including phenoxy) is 1. The van der Waals surface area contributed by atoms with Crippen LogP contribution in [0.5, 0.6) is 5.75 Å². The van der Waals surface area contributed by atoms with Crippen molar-refractivity contribution in [3.8, 4) is 5.75 Å². The third-order valence-corrected chi connectivity index (χ3v) is 6.83. The second-order valence-corrected chi connectivity index (χ2v) is 9.54. The highest BCUT2D eigenvalue weighted by Gasteiger charge is 2.65. The van der Waals surface area contributed by atoms with E-state index < -0.39 is 5.60 Å². The Kier molecular flexibility index (Phi) is 4.37. The topological polar surface area (TPSA) is 59.4 Å². The number of nitrogens with zero attached hydrogens (tertiary/aromatic N) is 1. The average Bonchev–Trinajstić information content (AvgIpc) is 3.25. The SMILES string of the molecule is CC(C)CCOc1cnc2c(c1)CCC(=O)C1CC1([C@H]1C[C@](C)(O)C1)C2. The van der Waals surface area contributed by atoms with Crippen LogP contribution in [-0.2, 0) is 17.6 Å². The highest BCUT2D eigenvalue weighted by Crippen LogP contribution is 2.67. The molecule has 0 aliphatic heterocycles. The second kappa shape index (κ2) is 6.33. The maximum atomic E-state index is 12.6. The van der Waals surface area contributed by atoms with E-state index in [9.17, 15) is 9.90 Å². The van der Waals surface area contributed by atoms with Gasteiger partial charge in [0.2, 0.25) is 0 Å². The van der Waals surface area contributed by atoms with Crippen LogP contribution in [0.4, 0.5) is 0 Å². The van der Waals surface area contributed by atoms with Crippen LogP contribution in [0.1, 0.15) is 64.1 Å². The maximum Gasteiger partial charge on any atom is 0.137 e. The summed E-state index contributed by atoms with van der Waals surface area (Å²) < 4.78 is 5.87. The summed E-state index contributed by atoms with van der Waals surface area (Å²) in [5, 5.41) is 10.2. The van der Waals surface area contributed by atoms with Gasteiger partial charge in [-0.05, 0) is 74.3 Å². The van der Waals surface area contributed by atoms with Crippen molar-refractivity contribution >= 4 is 5.78 Å². The zero-order valence-electron chi connectivity index (χ0n) is 16.3. The Morgan fingerprint density at radius 3 is 2.77 bits per heavy atom. The van der Waals surface area contributed by atoms with Crippen LogP contribution in [0.3, 0.4) is 0 Å². The van der Waals surface area contributed by atoms with E-state index in [0.717, 1.165) is 50.0 Å². The molecule has 1 heterocycles. The van der Waals surface area contributed by atoms with Crippen LogP contribution in [-0.4, -0.2) is 28.1 Å². The van der Waals surface area contributed by atoms with Gasteiger partial charge >= 0.3 is 0 Å². The minimum absolute atomic E-state index is 0.0571. The molecule has 2 saturated carbocycles. The van der Waals surface area contributed by atoms with Gasteiger partial charge in [0, 0.05) is 18.0 Å². The quantitative estimate of drug-likeness (QED) is 0.872. The largest absolute Gasteiger partial charge is 0.492 e. The monoisotopic (exact) mass is 357 g/mol. The van der Waals surface area contributed by atoms with Crippen LogP contribution < -0.4 is 4.74 Å². The van der Waals surface area contributed by atoms with E-state index in [1.54, 1.807) is 0 Å². The lowest BCUT2D eigenvalue weighted by Crippen LogP contribution is -2.46. The van der Waals surface area contributed by atoms with Gasteiger partial charge < -0.3 is 9.84 Å². The van der Waals surface area contributed by atoms with E-state index in [1.807, 2.05) is 13.1 Å². The first-order valence-corrected chi connectivity index (χ1v) is 10.1. The minimum Gasteiger partial charge on any atom is -0.492 e. The first kappa shape index (κ1) is 18.0. The second-order valence-electron chi connectivity index (χ2n) is 9.54. The summed E-state index contributed by atoms with van der Waals surface area (Å²) in [5.74, 6) is 2.51. The van der Waals surface area contributed by atoms with E-state index in [0.29, 0.717) is 30.6 Å². The Balaban J connectivity index is 1.52. The Morgan fingerprint density at radius 2 is 2.08 bits per heavy atom. The zero-order chi connectivity index (χ0) is 18.5. The van der Waals surface area contributed by atoms with Crippen LogP contribution in [0, 0.1) is 23.2 Å². The van der Waals surface area contributed by atoms with E-state index in [2.05, 4.69) is 19.9 Å². The first-order chi connectivity index (χ1) is 12.3. The molecule has 4 heteroatoms. The fourth-order valence-electron chi connectivity index (χ4n) is 5.08. The van der Waals surface area contributed by atoms with Crippen LogP contribution in [0.2, 0.25) is 0 Å². The summed E-state index contributed by atoms with van der Waals surface area (Å²) in [6.45, 7) is 7.00. The van der Waals surface area contributed by atoms with Crippen LogP contribution in [0.25, 0.3) is 0 Å². The normalized spacial score (nSPS) is 35.8. The predicted octanol–water partition coefficient (Wildman–Crippen LogP) is 3.73. The number of aromatic nitrogens is 1. The van der Waals surface area contributed by atoms with Crippen LogP contribution >= 0.6 is 0 Å². The standard InChI is InChI=1S/C22H31NO3/c1-14(2)6-7-26-17-8-15-4-5-20(24)18-11-22(18,12-19(15)23-13-17)16-9-21(3,25)10-16/h8,13-14,16,18,25H,4-7,9-12H2,1-3H3/t16-,18?,21-,22?. The van der Waals surface area contributed by atoms with Gasteiger partial charge in [0.05, 0.1) is 18.4 Å². The molecule has 0 amide bonds. The zero-order valence-corrected chi connectivity index (χ0v) is 16.3. The molecule has 1 N–H and O–H groups in total. The minimum atomic E-state index is -0.539. The maximum absolute atomic E-state index is 12.6. The van der Waals surface area contributed by atoms with Gasteiger partial charge in [0.1, 0.15) is 11.5 Å². The van der Waals surface area contributed by atoms with Crippen molar-refractivity contribution in [1.29, 1.82) is 0 Å². The molecule has 2 fully saturated rings. The van der Waals surface area contributed by atoms with E-state index in [-0.39, 0.29) is 11.3 Å². The number of ketones is 1. The van der Waals surface area contributed by atoms with Crippen molar-refractivity contribution in [2.24, 2.45) is 23.2 Å². The molecule has 0 spiro atoms. The van der Waals surface area contributed by atoms with Gasteiger partial charge in [-0.15, -0.1) is 0 Å². The Bertz CT molecular complexity index is 703. The lowest BCUT2D eigenvalue weighted by Gasteiger charge is -2.46. The number of aliphatic hydroxyl groups is 1. The summed E-state index contributed by atoms with van der Waals surface area (Å²) in [6.07, 6.45) is 7.78. The van der Waals surface area contributed by atoms with E-state index in [4.69, 9.17) is 9.72 Å². The Labute approximate surface area is 156 Å². The lowest BCUT2D eigenvalue weighted by atomic mass is 9.62. The molecule has 2 atom stereocenters. The average molecular weight is 357 g/mol. The number of fused-ring (bicyclic) bond motifs is 2. The third kappa shape index (κ3) is 3.28. The summed E-state index contributed by atoms with van der Waals surface area (Å²) >= 11 is 0. The van der Waals surface area contributed by atoms with Crippen LogP contribution in [0.15, 0.2) is 12.3 Å². The number of hydrogen-bond donors (Lipinski definition) is 1. The Hall–Kier alpha value is -1.42. The molecule has 2 unspecified atom stereocenters. The number of aryl methyl sites for hydroxylation is 1. The number of Topliss-reactive ketones (excluding diaryl/α,β-unsaturated/α-hetero) is 1. The van der Waals surface area contributed by atoms with Crippen molar-refractivity contribution in [1.82, 2.24) is 4.98 Å². The molecule has 142 valence electrons. The van der Waals surface area contributed by atoms with Gasteiger partial charge in [-0.3, -0.25) is 9.78 Å². The van der Waals surface area contributed by atoms with Gasteiger partial charge in [-0.25, -0.2) is 0 Å². The van der Waals surface area contributed by atoms with Gasteiger partial charge in [-0.1, -0.05) is 13.8 Å². The first-order valence-electron chi connectivity index (χ1n) is 10.1. The number of hydrogen-bond acceptors (Lipinski definition) is 4. The van der Waals surface area contributed by atoms with Gasteiger partial charge in [-0.2, -0.15) is 0 Å². The van der Waals surface area contributed by atoms with E-state index >= 15 is 0 Å². The molecule has 3 aliphatic carbocycles. The van der Waals surface area contributed by atoms with Crippen molar-refractivity contribution in [2.45, 2.75) is 71.3 Å². The highest BCUT2D eigenvalue weighted by molar-refractivity contribution is 5.85. The summed E-state index contributed by atoms with van der Waals surface area (Å²) in [4.78, 5) is 17.4. The molecular formula is C22H31NO3. The van der Waals surface area contributed by atoms with Crippen molar-refractivity contribution in [3.05, 3.63) is 23.5 Å². The smallest absolute Gasteiger partial charge is 0.137 e. The molecule has 0 aromatic carbocycles. The van der Waals surface area contributed by atoms with Crippen molar-refractivity contribution < 1.29 is 14.6 Å². The number of carbonyl (C=O) groups excluding carboxylic acids is 1. The molecule has 0 saturated heterocycles. The van der Waals surface area contributed by atoms with E-state index in [1.165, 1.54) is 5.56 Å². The third-order valence-electron chi connectivity index (χ3n) is 6.83. The van der Waals surface area contributed by atoms with Gasteiger partial charge in [0.25, 0.3) is 0 Å². The molecule has 1 aromatic heterocycles. The number of rotatable bonds is 5. The van der Waals surface area contributed by atoms with Crippen molar-refractivity contribution in [2.75, 3.05) is 6.61 Å². The fourth-order valence-corrected chi connectivity index (χ4v) is 5.08. The molecule has 4 rings (SSSR count). The summed E-state index contributed by atoms with van der Waals surface area (Å²) in [7, 11) is 0. The molecule has 4 nitrogen and oxygen atoms in total. The molecule has 26 heavy (non-hydrogen) atoms. The molecule has 0 bridgehead atoms. The molecule has 0 radical (unpaired) electrons. The summed E-state index contributed by atoms with van der Waals surface area (Å²) in [6, 6.07) is 2.10. The molecule has 1 aromatic rings. The molecule has 3 aliphatic rings. The fraction of sp³-hybridized carbons (Fsp3) is 0.727. The Morgan fingerprint density at radius 1 is 1.31 bits per heavy atom. The number of carbonyl (C=O) groups is 1. The predicted molar refractivity (Wildman–Crippen MR) is 100 cm³/mol. The van der Waals surface area contributed by atoms with Crippen molar-refractivity contribution in [3.63, 3.8) is 0 Å². The highest BCUT2D eigenvalue weighted by atomic mass is 16.5. The molecular weight excluding hydrogens is 326 g/mol. The lowest BCUT2D eigenvalue weighted by molar-refractivity contribution is -0.124. The van der Waals surface area contributed by atoms with Gasteiger partial charge in [0.15, 0.2) is 0 Å². The number of pyridine rings is 1. The summed E-state index contributed by atoms with van der Waals surface area (Å²) in [5.41, 5.74) is 1.84.